The molecule has 0 saturated carbocycles. The second-order valence-corrected chi connectivity index (χ2v) is 5.45. The van der Waals surface area contributed by atoms with Crippen molar-refractivity contribution in [3.05, 3.63) is 54.6 Å². The molecule has 7 N–H and O–H groups in total. The first-order chi connectivity index (χ1) is 14.6. The molecule has 0 aliphatic rings. The Morgan fingerprint density at radius 3 is 1.65 bits per heavy atom. The van der Waals surface area contributed by atoms with Gasteiger partial charge in [0.2, 0.25) is 0 Å². The normalized spacial score (nSPS) is 10.1. The molecule has 0 atom stereocenters. The van der Waals surface area contributed by atoms with Gasteiger partial charge in [0.05, 0.1) is 5.52 Å². The van der Waals surface area contributed by atoms with Crippen molar-refractivity contribution < 1.29 is 43.8 Å². The summed E-state index contributed by atoms with van der Waals surface area (Å²) in [6.07, 6.45) is 8.33. The van der Waals surface area contributed by atoms with Crippen molar-refractivity contribution in [3.63, 3.8) is 0 Å². The Morgan fingerprint density at radius 1 is 0.645 bits per heavy atom. The fourth-order valence-corrected chi connectivity index (χ4v) is 2.29. The summed E-state index contributed by atoms with van der Waals surface area (Å²) in [5.74, 6) is 0. The molecule has 0 aromatic carbocycles. The SMILES string of the molecule is [OH+]=c1[nH]c[nH+]c2nc[n-]c12.[OH+]=c1[nH]c[nH+]c2nc[n-]c12.[OH+]=c1nc[n-]c2nc[n-]c12.[Ru+6]. The molecule has 0 saturated heterocycles. The van der Waals surface area contributed by atoms with E-state index in [-0.39, 0.29) is 36.2 Å². The van der Waals surface area contributed by atoms with Crippen molar-refractivity contribution in [2.75, 3.05) is 0 Å². The maximum Gasteiger partial charge on any atom is 6.00 e. The van der Waals surface area contributed by atoms with Gasteiger partial charge in [-0.2, -0.15) is 9.97 Å². The Morgan fingerprint density at radius 2 is 1.13 bits per heavy atom. The van der Waals surface area contributed by atoms with Crippen molar-refractivity contribution >= 4 is 33.5 Å². The van der Waals surface area contributed by atoms with Crippen molar-refractivity contribution in [1.29, 1.82) is 0 Å². The van der Waals surface area contributed by atoms with Crippen LogP contribution in [0.25, 0.3) is 33.5 Å². The van der Waals surface area contributed by atoms with Gasteiger partial charge in [0.25, 0.3) is 0 Å². The summed E-state index contributed by atoms with van der Waals surface area (Å²) < 4.78 is 0. The third-order valence-corrected chi connectivity index (χ3v) is 3.63. The predicted molar refractivity (Wildman–Crippen MR) is 93.3 cm³/mol. The molecular weight excluding hydrogens is 497 g/mol. The number of nitrogens with zero attached hydrogens (tertiary/aromatic N) is 8. The minimum absolute atomic E-state index is 0. The number of fused-ring (bicyclic) bond motifs is 3. The number of nitrogens with one attached hydrogen (secondary N) is 4. The molecule has 0 bridgehead atoms. The van der Waals surface area contributed by atoms with Crippen LogP contribution in [0.15, 0.2) is 38.0 Å². The molecule has 6 rings (SSSR count). The Kier molecular flexibility index (Phi) is 6.52. The molecule has 31 heavy (non-hydrogen) atoms. The van der Waals surface area contributed by atoms with E-state index in [1.54, 1.807) is 0 Å². The number of aromatic nitrogens is 12. The summed E-state index contributed by atoms with van der Waals surface area (Å²) in [4.78, 5) is 67.9. The van der Waals surface area contributed by atoms with Crippen LogP contribution in [-0.2, 0) is 19.5 Å². The fraction of sp³-hybridized carbons (Fsp3) is 0. The van der Waals surface area contributed by atoms with E-state index in [2.05, 4.69) is 59.8 Å². The number of rotatable bonds is 0. The third kappa shape index (κ3) is 4.64. The number of imidazole rings is 3. The standard InChI is InChI=1S/2C5H4N4O.C5H3N4O.Ru/c3*10-5-3-4(7-1-6-3)8-2-9-5;/h2*1-2H,(H2,6,7,8,9,10);1-2H,(H-,6,7,8,9,10);/q;;-1;+6/p+2. The second-order valence-electron chi connectivity index (χ2n) is 5.45. The maximum atomic E-state index is 9.08. The van der Waals surface area contributed by atoms with Crippen molar-refractivity contribution in [3.8, 4) is 0 Å². The van der Waals surface area contributed by atoms with Gasteiger partial charge in [0.1, 0.15) is 22.3 Å². The quantitative estimate of drug-likeness (QED) is 0.148. The summed E-state index contributed by atoms with van der Waals surface area (Å²) in [6.45, 7) is 0. The molecule has 6 heterocycles. The molecule has 16 heteroatoms. The van der Waals surface area contributed by atoms with Crippen molar-refractivity contribution in [1.82, 2.24) is 49.8 Å². The average Bonchev–Trinajstić information content (AvgIpc) is 3.50. The predicted octanol–water partition coefficient (Wildman–Crippen LogP) is -4.78. The third-order valence-electron chi connectivity index (χ3n) is 3.63. The molecule has 152 valence electrons. The molecule has 0 aliphatic heterocycles. The minimum Gasteiger partial charge on any atom is -0.440 e. The fourth-order valence-electron chi connectivity index (χ4n) is 2.29. The first-order valence-corrected chi connectivity index (χ1v) is 8.18. The Balaban J connectivity index is 0.000000130. The summed E-state index contributed by atoms with van der Waals surface area (Å²) in [7, 11) is 0. The molecule has 0 radical (unpaired) electrons. The monoisotopic (exact) mass is 511 g/mol. The average molecular weight is 510 g/mol. The molecular formula is C15H13N12O3Ru+7. The Hall–Kier alpha value is -4.33. The smallest absolute Gasteiger partial charge is 0.440 e. The maximum absolute atomic E-state index is 9.08. The minimum atomic E-state index is -0.123. The molecule has 0 amide bonds. The molecule has 0 unspecified atom stereocenters. The first-order valence-electron chi connectivity index (χ1n) is 8.18. The van der Waals surface area contributed by atoms with Crippen LogP contribution >= 0.6 is 0 Å². The van der Waals surface area contributed by atoms with E-state index in [0.29, 0.717) is 33.5 Å². The number of aromatic amines is 4. The summed E-state index contributed by atoms with van der Waals surface area (Å²) in [5, 5.41) is 0. The van der Waals surface area contributed by atoms with Gasteiger partial charge >= 0.3 is 36.2 Å². The van der Waals surface area contributed by atoms with E-state index in [1.165, 1.54) is 38.0 Å². The molecule has 0 spiro atoms. The van der Waals surface area contributed by atoms with E-state index in [0.717, 1.165) is 0 Å². The van der Waals surface area contributed by atoms with Crippen LogP contribution in [0.5, 0.6) is 0 Å². The van der Waals surface area contributed by atoms with Crippen LogP contribution < -0.4 is 46.6 Å². The molecule has 0 aliphatic carbocycles. The van der Waals surface area contributed by atoms with Gasteiger partial charge in [0, 0.05) is 0 Å². The summed E-state index contributed by atoms with van der Waals surface area (Å²) in [6, 6.07) is 0. The van der Waals surface area contributed by atoms with Gasteiger partial charge in [-0.25, -0.2) is 9.59 Å². The van der Waals surface area contributed by atoms with E-state index >= 15 is 0 Å². The van der Waals surface area contributed by atoms with Gasteiger partial charge in [-0.3, -0.25) is 19.7 Å². The van der Waals surface area contributed by atoms with Crippen LogP contribution in [0.2, 0.25) is 0 Å². The zero-order chi connectivity index (χ0) is 20.9. The number of hydrogen-bond donors (Lipinski definition) is 2. The van der Waals surface area contributed by atoms with Crippen LogP contribution in [0.3, 0.4) is 0 Å². The molecule has 6 aromatic heterocycles. The van der Waals surface area contributed by atoms with Crippen LogP contribution in [0.1, 0.15) is 0 Å². The van der Waals surface area contributed by atoms with Crippen LogP contribution in [0.4, 0.5) is 0 Å². The van der Waals surface area contributed by atoms with Gasteiger partial charge in [-0.05, 0) is 12.0 Å². The molecule has 15 nitrogen and oxygen atoms in total. The van der Waals surface area contributed by atoms with Gasteiger partial charge in [-0.15, -0.1) is 0 Å². The molecule has 0 fully saturated rings. The van der Waals surface area contributed by atoms with Crippen molar-refractivity contribution in [2.45, 2.75) is 0 Å². The number of H-pyrrole nitrogens is 4. The van der Waals surface area contributed by atoms with E-state index in [9.17, 15) is 0 Å². The summed E-state index contributed by atoms with van der Waals surface area (Å²) >= 11 is 0. The van der Waals surface area contributed by atoms with E-state index in [4.69, 9.17) is 14.4 Å². The van der Waals surface area contributed by atoms with Gasteiger partial charge in [-0.1, -0.05) is 19.0 Å². The molecule has 6 aromatic rings. The topological polar surface area (TPSA) is 232 Å². The number of hydrogen-bond acceptors (Lipinski definition) is 4. The zero-order valence-electron chi connectivity index (χ0n) is 15.2. The first kappa shape index (κ1) is 21.4. The van der Waals surface area contributed by atoms with Gasteiger partial charge in [0.15, 0.2) is 12.7 Å². The van der Waals surface area contributed by atoms with Crippen LogP contribution in [0, 0.1) is 0 Å². The van der Waals surface area contributed by atoms with Gasteiger partial charge < -0.3 is 34.9 Å². The Labute approximate surface area is 182 Å². The summed E-state index contributed by atoms with van der Waals surface area (Å²) in [5.41, 5.74) is 2.80. The second kappa shape index (κ2) is 9.45. The van der Waals surface area contributed by atoms with E-state index in [1.807, 2.05) is 0 Å². The Bertz CT molecular complexity index is 1400. The zero-order valence-corrected chi connectivity index (χ0v) is 17.0. The largest absolute Gasteiger partial charge is 6.00 e. The van der Waals surface area contributed by atoms with E-state index < -0.39 is 0 Å². The van der Waals surface area contributed by atoms with Crippen LogP contribution in [-0.4, -0.2) is 44.3 Å². The van der Waals surface area contributed by atoms with Crippen molar-refractivity contribution in [2.24, 2.45) is 0 Å².